The second-order valence-electron chi connectivity index (χ2n) is 6.88. The number of amides is 1. The first-order valence-electron chi connectivity index (χ1n) is 9.57. The highest BCUT2D eigenvalue weighted by Crippen LogP contribution is 2.33. The van der Waals surface area contributed by atoms with Crippen LogP contribution in [-0.2, 0) is 4.79 Å². The summed E-state index contributed by atoms with van der Waals surface area (Å²) in [6, 6.07) is 12.1. The molecule has 2 aromatic carbocycles. The van der Waals surface area contributed by atoms with Gasteiger partial charge in [-0.1, -0.05) is 6.07 Å². The van der Waals surface area contributed by atoms with Crippen molar-refractivity contribution in [2.45, 2.75) is 0 Å². The lowest BCUT2D eigenvalue weighted by molar-refractivity contribution is -0.113. The van der Waals surface area contributed by atoms with E-state index in [1.54, 1.807) is 26.4 Å². The summed E-state index contributed by atoms with van der Waals surface area (Å²) in [7, 11) is 3.17. The Hall–Kier alpha value is -3.00. The van der Waals surface area contributed by atoms with Gasteiger partial charge in [-0.15, -0.1) is 0 Å². The molecule has 1 saturated heterocycles. The third-order valence-corrected chi connectivity index (χ3v) is 6.10. The van der Waals surface area contributed by atoms with Crippen molar-refractivity contribution >= 4 is 34.6 Å². The smallest absolute Gasteiger partial charge is 0.286 e. The molecule has 2 aliphatic rings. The standard InChI is InChI=1S/C22H22FN3O3S/c1-28-18-8-3-15(13-19(18)29-2)14-20-21(27)24-22(30-20)26-11-9-25(10-12-26)17-6-4-16(23)5-7-17/h3-8,13-14H,9-12H2,1-2H3/b20-14+. The van der Waals surface area contributed by atoms with Gasteiger partial charge in [0, 0.05) is 31.9 Å². The number of rotatable bonds is 4. The highest BCUT2D eigenvalue weighted by molar-refractivity contribution is 8.18. The van der Waals surface area contributed by atoms with E-state index in [0.717, 1.165) is 42.6 Å². The Labute approximate surface area is 179 Å². The zero-order valence-corrected chi connectivity index (χ0v) is 17.6. The molecular weight excluding hydrogens is 405 g/mol. The van der Waals surface area contributed by atoms with Gasteiger partial charge in [0.1, 0.15) is 5.82 Å². The van der Waals surface area contributed by atoms with E-state index in [2.05, 4.69) is 14.8 Å². The van der Waals surface area contributed by atoms with Crippen molar-refractivity contribution in [1.29, 1.82) is 0 Å². The number of piperazine rings is 1. The average Bonchev–Trinajstić information content (AvgIpc) is 3.14. The number of ether oxygens (including phenoxy) is 2. The molecule has 0 aliphatic carbocycles. The van der Waals surface area contributed by atoms with Gasteiger partial charge in [0.2, 0.25) is 0 Å². The second-order valence-corrected chi connectivity index (χ2v) is 7.88. The van der Waals surface area contributed by atoms with Crippen LogP contribution in [0.5, 0.6) is 11.5 Å². The number of anilines is 1. The van der Waals surface area contributed by atoms with Gasteiger partial charge in [-0.3, -0.25) is 4.79 Å². The van der Waals surface area contributed by atoms with Crippen LogP contribution in [0, 0.1) is 5.82 Å². The average molecular weight is 428 g/mol. The monoisotopic (exact) mass is 427 g/mol. The fourth-order valence-electron chi connectivity index (χ4n) is 3.44. The molecule has 8 heteroatoms. The molecule has 1 amide bonds. The van der Waals surface area contributed by atoms with Gasteiger partial charge in [-0.2, -0.15) is 4.99 Å². The van der Waals surface area contributed by atoms with E-state index >= 15 is 0 Å². The van der Waals surface area contributed by atoms with Crippen LogP contribution in [0.1, 0.15) is 5.56 Å². The van der Waals surface area contributed by atoms with E-state index in [9.17, 15) is 9.18 Å². The molecule has 30 heavy (non-hydrogen) atoms. The van der Waals surface area contributed by atoms with Crippen molar-refractivity contribution in [1.82, 2.24) is 4.90 Å². The maximum Gasteiger partial charge on any atom is 0.286 e. The molecule has 1 fully saturated rings. The van der Waals surface area contributed by atoms with Gasteiger partial charge < -0.3 is 19.3 Å². The number of hydrogen-bond donors (Lipinski definition) is 0. The number of halogens is 1. The van der Waals surface area contributed by atoms with E-state index in [-0.39, 0.29) is 11.7 Å². The summed E-state index contributed by atoms with van der Waals surface area (Å²) in [5, 5.41) is 0.727. The Kier molecular flexibility index (Phi) is 5.94. The molecule has 156 valence electrons. The van der Waals surface area contributed by atoms with E-state index in [4.69, 9.17) is 9.47 Å². The quantitative estimate of drug-likeness (QED) is 0.695. The largest absolute Gasteiger partial charge is 0.493 e. The Morgan fingerprint density at radius 1 is 0.967 bits per heavy atom. The van der Waals surface area contributed by atoms with Crippen molar-refractivity contribution in [3.63, 3.8) is 0 Å². The number of methoxy groups -OCH3 is 2. The van der Waals surface area contributed by atoms with Crippen molar-refractivity contribution < 1.29 is 18.7 Å². The van der Waals surface area contributed by atoms with Crippen LogP contribution in [0.15, 0.2) is 52.4 Å². The molecule has 0 N–H and O–H groups in total. The first-order valence-corrected chi connectivity index (χ1v) is 10.4. The lowest BCUT2D eigenvalue weighted by atomic mass is 10.2. The number of amidine groups is 1. The van der Waals surface area contributed by atoms with Crippen LogP contribution in [0.25, 0.3) is 6.08 Å². The van der Waals surface area contributed by atoms with Crippen molar-refractivity contribution in [2.24, 2.45) is 4.99 Å². The van der Waals surface area contributed by atoms with Gasteiger partial charge in [-0.05, 0) is 59.8 Å². The van der Waals surface area contributed by atoms with Gasteiger partial charge >= 0.3 is 0 Å². The minimum atomic E-state index is -0.235. The first kappa shape index (κ1) is 20.3. The molecule has 0 atom stereocenters. The molecule has 0 saturated carbocycles. The molecule has 0 radical (unpaired) electrons. The fourth-order valence-corrected chi connectivity index (χ4v) is 4.40. The van der Waals surface area contributed by atoms with Crippen molar-refractivity contribution in [2.75, 3.05) is 45.3 Å². The lowest BCUT2D eigenvalue weighted by Gasteiger charge is -2.36. The molecular formula is C22H22FN3O3S. The highest BCUT2D eigenvalue weighted by Gasteiger charge is 2.28. The molecule has 6 nitrogen and oxygen atoms in total. The molecule has 0 unspecified atom stereocenters. The molecule has 2 heterocycles. The summed E-state index contributed by atoms with van der Waals surface area (Å²) >= 11 is 1.39. The van der Waals surface area contributed by atoms with E-state index in [1.807, 2.05) is 24.3 Å². The van der Waals surface area contributed by atoms with Crippen LogP contribution in [0.3, 0.4) is 0 Å². The Balaban J connectivity index is 1.41. The molecule has 4 rings (SSSR count). The van der Waals surface area contributed by atoms with E-state index < -0.39 is 0 Å². The maximum absolute atomic E-state index is 13.1. The minimum Gasteiger partial charge on any atom is -0.493 e. The molecule has 2 aromatic rings. The number of benzene rings is 2. The summed E-state index contributed by atoms with van der Waals surface area (Å²) in [6.45, 7) is 3.07. The van der Waals surface area contributed by atoms with E-state index in [1.165, 1.54) is 23.9 Å². The second kappa shape index (κ2) is 8.79. The van der Waals surface area contributed by atoms with Crippen molar-refractivity contribution in [3.8, 4) is 11.5 Å². The molecule has 0 aromatic heterocycles. The van der Waals surface area contributed by atoms with Crippen molar-refractivity contribution in [3.05, 3.63) is 58.8 Å². The maximum atomic E-state index is 13.1. The summed E-state index contributed by atoms with van der Waals surface area (Å²) in [5.41, 5.74) is 1.85. The Bertz CT molecular complexity index is 999. The van der Waals surface area contributed by atoms with Crippen LogP contribution in [0.4, 0.5) is 10.1 Å². The SMILES string of the molecule is COc1ccc(/C=C2/SC(N3CCN(c4ccc(F)cc4)CC3)=NC2=O)cc1OC. The number of thioether (sulfide) groups is 1. The summed E-state index contributed by atoms with van der Waals surface area (Å²) in [5.74, 6) is 0.786. The molecule has 0 spiro atoms. The zero-order chi connectivity index (χ0) is 21.1. The third kappa shape index (κ3) is 4.28. The summed E-state index contributed by atoms with van der Waals surface area (Å²) in [6.07, 6.45) is 1.82. The van der Waals surface area contributed by atoms with Crippen LogP contribution in [0.2, 0.25) is 0 Å². The number of carbonyl (C=O) groups is 1. The Morgan fingerprint density at radius 3 is 2.30 bits per heavy atom. The van der Waals surface area contributed by atoms with Crippen LogP contribution in [-0.4, -0.2) is 56.4 Å². The third-order valence-electron chi connectivity index (χ3n) is 5.06. The number of hydrogen-bond acceptors (Lipinski definition) is 6. The van der Waals surface area contributed by atoms with Crippen LogP contribution < -0.4 is 14.4 Å². The number of nitrogens with zero attached hydrogens (tertiary/aromatic N) is 3. The number of carbonyl (C=O) groups excluding carboxylic acids is 1. The lowest BCUT2D eigenvalue weighted by Crippen LogP contribution is -2.47. The van der Waals surface area contributed by atoms with E-state index in [0.29, 0.717) is 16.4 Å². The molecule has 2 aliphatic heterocycles. The van der Waals surface area contributed by atoms with Gasteiger partial charge in [0.15, 0.2) is 16.7 Å². The van der Waals surface area contributed by atoms with Gasteiger partial charge in [0.25, 0.3) is 5.91 Å². The summed E-state index contributed by atoms with van der Waals surface area (Å²) in [4.78, 5) is 21.6. The topological polar surface area (TPSA) is 54.4 Å². The zero-order valence-electron chi connectivity index (χ0n) is 16.8. The normalized spacial score (nSPS) is 18.0. The van der Waals surface area contributed by atoms with Gasteiger partial charge in [0.05, 0.1) is 19.1 Å². The number of aliphatic imine (C=N–C) groups is 1. The highest BCUT2D eigenvalue weighted by atomic mass is 32.2. The van der Waals surface area contributed by atoms with Crippen LogP contribution >= 0.6 is 11.8 Å². The molecule has 0 bridgehead atoms. The summed E-state index contributed by atoms with van der Waals surface area (Å²) < 4.78 is 23.7. The predicted molar refractivity (Wildman–Crippen MR) is 118 cm³/mol. The fraction of sp³-hybridized carbons (Fsp3) is 0.273. The first-order chi connectivity index (χ1) is 14.6. The Morgan fingerprint density at radius 2 is 1.63 bits per heavy atom. The van der Waals surface area contributed by atoms with Gasteiger partial charge in [-0.25, -0.2) is 4.39 Å². The predicted octanol–water partition coefficient (Wildman–Crippen LogP) is 3.64. The minimum absolute atomic E-state index is 0.231.